The van der Waals surface area contributed by atoms with E-state index in [1.165, 1.54) is 6.33 Å². The zero-order chi connectivity index (χ0) is 10.3. The Morgan fingerprint density at radius 2 is 2.36 bits per heavy atom. The van der Waals surface area contributed by atoms with Crippen molar-refractivity contribution in [2.75, 3.05) is 0 Å². The molecule has 5 nitrogen and oxygen atoms in total. The number of carboxylic acids is 1. The third-order valence-electron chi connectivity index (χ3n) is 1.65. The molecule has 0 aromatic carbocycles. The third-order valence-corrected chi connectivity index (χ3v) is 3.49. The zero-order valence-corrected chi connectivity index (χ0v) is 8.98. The van der Waals surface area contributed by atoms with Crippen molar-refractivity contribution in [1.29, 1.82) is 0 Å². The summed E-state index contributed by atoms with van der Waals surface area (Å²) in [7, 11) is 0. The quantitative estimate of drug-likeness (QED) is 0.825. The predicted octanol–water partition coefficient (Wildman–Crippen LogP) is 1.45. The van der Waals surface area contributed by atoms with Gasteiger partial charge in [0.2, 0.25) is 0 Å². The molecule has 0 aliphatic heterocycles. The van der Waals surface area contributed by atoms with Gasteiger partial charge < -0.3 is 10.1 Å². The molecule has 0 spiro atoms. The number of aromatic nitrogens is 2. The van der Waals surface area contributed by atoms with E-state index in [4.69, 9.17) is 5.11 Å². The summed E-state index contributed by atoms with van der Waals surface area (Å²) >= 11 is 4.12. The van der Waals surface area contributed by atoms with Gasteiger partial charge in [0.15, 0.2) is 0 Å². The summed E-state index contributed by atoms with van der Waals surface area (Å²) in [4.78, 5) is 28.4. The Kier molecular flexibility index (Phi) is 2.12. The van der Waals surface area contributed by atoms with E-state index in [0.717, 1.165) is 11.3 Å². The second-order valence-corrected chi connectivity index (χ2v) is 4.80. The highest BCUT2D eigenvalue weighted by molar-refractivity contribution is 9.11. The van der Waals surface area contributed by atoms with E-state index < -0.39 is 5.97 Å². The van der Waals surface area contributed by atoms with Gasteiger partial charge in [-0.1, -0.05) is 0 Å². The van der Waals surface area contributed by atoms with Gasteiger partial charge >= 0.3 is 5.97 Å². The van der Waals surface area contributed by atoms with E-state index >= 15 is 0 Å². The molecule has 0 unspecified atom stereocenters. The third kappa shape index (κ3) is 1.25. The molecule has 72 valence electrons. The van der Waals surface area contributed by atoms with Crippen LogP contribution in [0.2, 0.25) is 0 Å². The molecule has 0 radical (unpaired) electrons. The summed E-state index contributed by atoms with van der Waals surface area (Å²) in [6.07, 6.45) is 1.19. The lowest BCUT2D eigenvalue weighted by atomic mass is 10.3. The summed E-state index contributed by atoms with van der Waals surface area (Å²) < 4.78 is 0.485. The van der Waals surface area contributed by atoms with Crippen molar-refractivity contribution in [2.24, 2.45) is 0 Å². The first-order chi connectivity index (χ1) is 6.61. The first-order valence-corrected chi connectivity index (χ1v) is 5.11. The normalized spacial score (nSPS) is 10.6. The highest BCUT2D eigenvalue weighted by Crippen LogP contribution is 2.31. The van der Waals surface area contributed by atoms with Gasteiger partial charge in [0.25, 0.3) is 5.56 Å². The van der Waals surface area contributed by atoms with Crippen molar-refractivity contribution in [1.82, 2.24) is 9.97 Å². The predicted molar refractivity (Wildman–Crippen MR) is 54.9 cm³/mol. The van der Waals surface area contributed by atoms with Gasteiger partial charge in [-0.05, 0) is 15.9 Å². The van der Waals surface area contributed by atoms with Gasteiger partial charge in [-0.25, -0.2) is 9.78 Å². The smallest absolute Gasteiger partial charge is 0.348 e. The number of nitrogens with one attached hydrogen (secondary N) is 1. The molecule has 0 saturated carbocycles. The number of halogens is 1. The molecule has 0 bridgehead atoms. The monoisotopic (exact) mass is 274 g/mol. The number of carbonyl (C=O) groups is 1. The average molecular weight is 275 g/mol. The maximum atomic E-state index is 11.3. The molecule has 14 heavy (non-hydrogen) atoms. The Morgan fingerprint density at radius 3 is 3.00 bits per heavy atom. The van der Waals surface area contributed by atoms with Crippen LogP contribution >= 0.6 is 27.3 Å². The molecular weight excluding hydrogens is 272 g/mol. The van der Waals surface area contributed by atoms with Crippen LogP contribution in [0.1, 0.15) is 9.67 Å². The van der Waals surface area contributed by atoms with Crippen LogP contribution in [0, 0.1) is 0 Å². The fraction of sp³-hybridized carbons (Fsp3) is 0. The van der Waals surface area contributed by atoms with Gasteiger partial charge in [0.05, 0.1) is 15.5 Å². The molecule has 2 aromatic rings. The lowest BCUT2D eigenvalue weighted by Gasteiger charge is -1.89. The zero-order valence-electron chi connectivity index (χ0n) is 6.57. The van der Waals surface area contributed by atoms with Crippen LogP contribution in [0.3, 0.4) is 0 Å². The van der Waals surface area contributed by atoms with Crippen molar-refractivity contribution in [3.8, 4) is 0 Å². The van der Waals surface area contributed by atoms with Crippen LogP contribution < -0.4 is 5.56 Å². The fourth-order valence-corrected chi connectivity index (χ4v) is 2.75. The number of carboxylic acid groups (broad SMARTS) is 1. The van der Waals surface area contributed by atoms with Crippen LogP contribution in [-0.2, 0) is 0 Å². The Bertz CT molecular complexity index is 574. The Morgan fingerprint density at radius 1 is 1.64 bits per heavy atom. The molecule has 0 fully saturated rings. The molecule has 0 saturated heterocycles. The van der Waals surface area contributed by atoms with E-state index in [0.29, 0.717) is 3.79 Å². The molecular formula is C7H3BrN2O3S. The summed E-state index contributed by atoms with van der Waals surface area (Å²) in [5.74, 6) is -1.08. The lowest BCUT2D eigenvalue weighted by molar-refractivity contribution is 0.0704. The average Bonchev–Trinajstić information content (AvgIpc) is 2.45. The van der Waals surface area contributed by atoms with E-state index in [1.807, 2.05) is 0 Å². The van der Waals surface area contributed by atoms with E-state index in [9.17, 15) is 9.59 Å². The molecule has 2 aromatic heterocycles. The Hall–Kier alpha value is -1.21. The number of fused-ring (bicyclic) bond motifs is 1. The maximum Gasteiger partial charge on any atom is 0.348 e. The van der Waals surface area contributed by atoms with Crippen molar-refractivity contribution < 1.29 is 9.90 Å². The fourth-order valence-electron chi connectivity index (χ4n) is 1.09. The Balaban J connectivity index is 2.98. The highest BCUT2D eigenvalue weighted by atomic mass is 79.9. The molecule has 0 amide bonds. The minimum Gasteiger partial charge on any atom is -0.477 e. The summed E-state index contributed by atoms with van der Waals surface area (Å²) in [6, 6.07) is 0. The second-order valence-electron chi connectivity index (χ2n) is 2.47. The summed E-state index contributed by atoms with van der Waals surface area (Å²) in [6.45, 7) is 0. The number of aromatic carboxylic acids is 1. The number of nitrogens with zero attached hydrogens (tertiary/aromatic N) is 1. The van der Waals surface area contributed by atoms with Gasteiger partial charge in [0.1, 0.15) is 10.4 Å². The largest absolute Gasteiger partial charge is 0.477 e. The summed E-state index contributed by atoms with van der Waals surface area (Å²) in [5, 5.41) is 9.11. The van der Waals surface area contributed by atoms with E-state index in [2.05, 4.69) is 25.9 Å². The molecule has 7 heteroatoms. The number of H-pyrrole nitrogens is 1. The van der Waals surface area contributed by atoms with Crippen molar-refractivity contribution in [3.63, 3.8) is 0 Å². The molecule has 0 aliphatic rings. The van der Waals surface area contributed by atoms with Crippen molar-refractivity contribution in [3.05, 3.63) is 25.3 Å². The van der Waals surface area contributed by atoms with E-state index in [1.54, 1.807) is 0 Å². The van der Waals surface area contributed by atoms with E-state index in [-0.39, 0.29) is 21.3 Å². The minimum atomic E-state index is -1.08. The molecule has 0 atom stereocenters. The number of hydrogen-bond donors (Lipinski definition) is 2. The molecule has 0 aliphatic carbocycles. The number of thiophene rings is 1. The maximum absolute atomic E-state index is 11.3. The topological polar surface area (TPSA) is 83.0 Å². The molecule has 2 rings (SSSR count). The van der Waals surface area contributed by atoms with Crippen LogP contribution in [0.4, 0.5) is 0 Å². The minimum absolute atomic E-state index is 0.0676. The van der Waals surface area contributed by atoms with Gasteiger partial charge in [-0.3, -0.25) is 4.79 Å². The number of hydrogen-bond acceptors (Lipinski definition) is 4. The summed E-state index contributed by atoms with van der Waals surface area (Å²) in [5.41, 5.74) is -0.122. The lowest BCUT2D eigenvalue weighted by Crippen LogP contribution is -2.06. The first kappa shape index (κ1) is 9.35. The van der Waals surface area contributed by atoms with Gasteiger partial charge in [-0.2, -0.15) is 0 Å². The Labute approximate surface area is 89.5 Å². The number of rotatable bonds is 1. The van der Waals surface area contributed by atoms with Crippen molar-refractivity contribution >= 4 is 44.1 Å². The van der Waals surface area contributed by atoms with Crippen LogP contribution in [0.5, 0.6) is 0 Å². The van der Waals surface area contributed by atoms with Gasteiger partial charge in [-0.15, -0.1) is 11.3 Å². The van der Waals surface area contributed by atoms with Crippen LogP contribution in [0.15, 0.2) is 14.9 Å². The second kappa shape index (κ2) is 3.18. The molecule has 2 heterocycles. The molecule has 2 N–H and O–H groups in total. The highest BCUT2D eigenvalue weighted by Gasteiger charge is 2.18. The standard InChI is InChI=1S/C7H3BrN2O3S/c8-5-2-3(4(14-5)7(12)13)9-1-10-6(2)11/h1H,(H,12,13)(H,9,10,11). The van der Waals surface area contributed by atoms with Crippen molar-refractivity contribution in [2.45, 2.75) is 0 Å². The SMILES string of the molecule is O=C(O)c1sc(Br)c2c(=O)[nH]cnc12. The van der Waals surface area contributed by atoms with Crippen LogP contribution in [0.25, 0.3) is 10.9 Å². The first-order valence-electron chi connectivity index (χ1n) is 3.50. The van der Waals surface area contributed by atoms with Gasteiger partial charge in [0, 0.05) is 0 Å². The van der Waals surface area contributed by atoms with Crippen LogP contribution in [-0.4, -0.2) is 21.0 Å². The number of aromatic amines is 1.